The monoisotopic (exact) mass is 470 g/mol. The van der Waals surface area contributed by atoms with Crippen molar-refractivity contribution >= 4 is 28.8 Å². The van der Waals surface area contributed by atoms with Gasteiger partial charge in [-0.15, -0.1) is 0 Å². The van der Waals surface area contributed by atoms with Crippen molar-refractivity contribution in [2.45, 2.75) is 32.1 Å². The van der Waals surface area contributed by atoms with Gasteiger partial charge in [-0.1, -0.05) is 11.6 Å². The number of hydrogen-bond acceptors (Lipinski definition) is 7. The highest BCUT2D eigenvalue weighted by Crippen LogP contribution is 2.36. The van der Waals surface area contributed by atoms with E-state index in [1.807, 2.05) is 0 Å². The number of anilines is 1. The second-order valence-corrected chi connectivity index (χ2v) is 8.46. The van der Waals surface area contributed by atoms with Crippen LogP contribution in [0.2, 0.25) is 5.02 Å². The predicted molar refractivity (Wildman–Crippen MR) is 122 cm³/mol. The van der Waals surface area contributed by atoms with Gasteiger partial charge in [0.05, 0.1) is 31.1 Å². The Morgan fingerprint density at radius 1 is 1.36 bits per heavy atom. The van der Waals surface area contributed by atoms with Crippen molar-refractivity contribution in [3.8, 4) is 17.0 Å². The van der Waals surface area contributed by atoms with Crippen molar-refractivity contribution in [1.82, 2.24) is 24.4 Å². The summed E-state index contributed by atoms with van der Waals surface area (Å²) in [4.78, 5) is 17.3. The van der Waals surface area contributed by atoms with Crippen LogP contribution in [0.3, 0.4) is 0 Å². The van der Waals surface area contributed by atoms with E-state index in [4.69, 9.17) is 16.3 Å². The Bertz CT molecular complexity index is 1310. The molecule has 1 aromatic carbocycles. The number of rotatable bonds is 7. The van der Waals surface area contributed by atoms with Gasteiger partial charge in [-0.25, -0.2) is 9.50 Å². The highest BCUT2D eigenvalue weighted by Gasteiger charge is 2.27. The Morgan fingerprint density at radius 2 is 2.15 bits per heavy atom. The lowest BCUT2D eigenvalue weighted by molar-refractivity contribution is -0.0566. The van der Waals surface area contributed by atoms with Gasteiger partial charge in [0.15, 0.2) is 5.65 Å². The number of carbonyl (C=O) groups is 1. The van der Waals surface area contributed by atoms with Crippen molar-refractivity contribution < 1.29 is 19.7 Å². The van der Waals surface area contributed by atoms with E-state index in [-0.39, 0.29) is 12.1 Å². The number of aliphatic hydroxyl groups is 2. The van der Waals surface area contributed by atoms with Crippen LogP contribution in [0.4, 0.5) is 5.69 Å². The zero-order valence-corrected chi connectivity index (χ0v) is 19.0. The van der Waals surface area contributed by atoms with Gasteiger partial charge in [0.1, 0.15) is 23.1 Å². The van der Waals surface area contributed by atoms with Gasteiger partial charge in [0.25, 0.3) is 5.91 Å². The van der Waals surface area contributed by atoms with Gasteiger partial charge in [0.2, 0.25) is 0 Å². The molecule has 3 heterocycles. The maximum Gasteiger partial charge on any atom is 0.261 e. The number of hydrogen-bond donors (Lipinski definition) is 3. The first-order valence-electron chi connectivity index (χ1n) is 10.1. The molecule has 0 fully saturated rings. The average molecular weight is 471 g/mol. The minimum Gasteiger partial charge on any atom is -0.496 e. The Hall–Kier alpha value is -3.47. The Morgan fingerprint density at radius 3 is 2.88 bits per heavy atom. The average Bonchev–Trinajstić information content (AvgIpc) is 3.37. The molecule has 0 unspecified atom stereocenters. The third-order valence-corrected chi connectivity index (χ3v) is 5.36. The second kappa shape index (κ2) is 8.81. The van der Waals surface area contributed by atoms with Crippen molar-refractivity contribution in [2.24, 2.45) is 0 Å². The van der Waals surface area contributed by atoms with E-state index in [2.05, 4.69) is 20.5 Å². The number of carbonyl (C=O) groups excluding carboxylic acids is 1. The largest absolute Gasteiger partial charge is 0.496 e. The van der Waals surface area contributed by atoms with E-state index in [1.165, 1.54) is 36.4 Å². The molecular formula is C22H23ClN6O4. The van der Waals surface area contributed by atoms with E-state index in [0.29, 0.717) is 33.4 Å². The van der Waals surface area contributed by atoms with Crippen molar-refractivity contribution in [1.29, 1.82) is 0 Å². The molecular weight excluding hydrogens is 448 g/mol. The number of methoxy groups -OCH3 is 1. The van der Waals surface area contributed by atoms with Gasteiger partial charge >= 0.3 is 0 Å². The molecule has 4 rings (SSSR count). The van der Waals surface area contributed by atoms with Crippen LogP contribution in [0, 0.1) is 0 Å². The Kier molecular flexibility index (Phi) is 6.07. The molecule has 3 aromatic heterocycles. The van der Waals surface area contributed by atoms with Gasteiger partial charge in [-0.05, 0) is 38.1 Å². The fourth-order valence-corrected chi connectivity index (χ4v) is 3.42. The molecule has 4 aromatic rings. The number of halogens is 1. The van der Waals surface area contributed by atoms with Crippen molar-refractivity contribution in [2.75, 3.05) is 12.4 Å². The van der Waals surface area contributed by atoms with Crippen LogP contribution in [0.15, 0.2) is 49.1 Å². The van der Waals surface area contributed by atoms with Crippen LogP contribution in [0.5, 0.6) is 5.75 Å². The summed E-state index contributed by atoms with van der Waals surface area (Å²) in [5, 5.41) is 32.4. The van der Waals surface area contributed by atoms with E-state index in [0.717, 1.165) is 0 Å². The normalized spacial score (nSPS) is 12.7. The first kappa shape index (κ1) is 22.7. The van der Waals surface area contributed by atoms with Crippen LogP contribution >= 0.6 is 11.6 Å². The van der Waals surface area contributed by atoms with Crippen LogP contribution in [-0.2, 0) is 6.54 Å². The number of fused-ring (bicyclic) bond motifs is 1. The van der Waals surface area contributed by atoms with Crippen LogP contribution in [-0.4, -0.2) is 59.3 Å². The molecule has 0 aliphatic carbocycles. The summed E-state index contributed by atoms with van der Waals surface area (Å²) in [5.41, 5.74) is 0.640. The van der Waals surface area contributed by atoms with E-state index < -0.39 is 17.6 Å². The zero-order chi connectivity index (χ0) is 23.8. The SMILES string of the molecule is COc1ccc(Cl)cc1-c1nn(C[C@H](O)C(C)(C)O)cc1NC(=O)c1cnn2cccnc12. The van der Waals surface area contributed by atoms with Crippen LogP contribution in [0.25, 0.3) is 16.9 Å². The van der Waals surface area contributed by atoms with E-state index in [9.17, 15) is 15.0 Å². The van der Waals surface area contributed by atoms with Crippen LogP contribution in [0.1, 0.15) is 24.2 Å². The third kappa shape index (κ3) is 4.68. The smallest absolute Gasteiger partial charge is 0.261 e. The number of benzene rings is 1. The fourth-order valence-electron chi connectivity index (χ4n) is 3.25. The molecule has 0 aliphatic rings. The number of ether oxygens (including phenoxy) is 1. The lowest BCUT2D eigenvalue weighted by atomic mass is 10.0. The minimum atomic E-state index is -1.34. The third-order valence-electron chi connectivity index (χ3n) is 5.13. The number of aromatic nitrogens is 5. The summed E-state index contributed by atoms with van der Waals surface area (Å²) in [5.74, 6) is 0.0642. The number of nitrogens with zero attached hydrogens (tertiary/aromatic N) is 5. The van der Waals surface area contributed by atoms with Gasteiger partial charge in [-0.2, -0.15) is 10.2 Å². The molecule has 1 atom stereocenters. The number of amides is 1. The molecule has 0 spiro atoms. The first-order valence-corrected chi connectivity index (χ1v) is 10.5. The second-order valence-electron chi connectivity index (χ2n) is 8.03. The molecule has 0 bridgehead atoms. The molecule has 1 amide bonds. The standard InChI is InChI=1S/C22H23ClN6O4/c1-22(2,32)18(30)12-28-11-16(19(27-28)14-9-13(23)5-6-17(14)33-3)26-21(31)15-10-25-29-8-4-7-24-20(15)29/h4-11,18,30,32H,12H2,1-3H3,(H,26,31)/t18-/m0/s1. The van der Waals surface area contributed by atoms with Crippen molar-refractivity contribution in [3.63, 3.8) is 0 Å². The number of nitrogens with one attached hydrogen (secondary N) is 1. The summed E-state index contributed by atoms with van der Waals surface area (Å²) in [6.45, 7) is 3.00. The van der Waals surface area contributed by atoms with E-state index >= 15 is 0 Å². The molecule has 0 saturated carbocycles. The summed E-state index contributed by atoms with van der Waals surface area (Å²) in [6.07, 6.45) is 5.17. The summed E-state index contributed by atoms with van der Waals surface area (Å²) < 4.78 is 8.40. The zero-order valence-electron chi connectivity index (χ0n) is 18.2. The quantitative estimate of drug-likeness (QED) is 0.379. The maximum atomic E-state index is 13.1. The maximum absolute atomic E-state index is 13.1. The van der Waals surface area contributed by atoms with Crippen LogP contribution < -0.4 is 10.1 Å². The molecule has 0 radical (unpaired) electrons. The molecule has 3 N–H and O–H groups in total. The Balaban J connectivity index is 1.75. The molecule has 0 aliphatic heterocycles. The molecule has 172 valence electrons. The van der Waals surface area contributed by atoms with Gasteiger partial charge < -0.3 is 20.3 Å². The predicted octanol–water partition coefficient (Wildman–Crippen LogP) is 2.64. The fraction of sp³-hybridized carbons (Fsp3) is 0.273. The molecule has 0 saturated heterocycles. The number of aliphatic hydroxyl groups excluding tert-OH is 1. The highest BCUT2D eigenvalue weighted by molar-refractivity contribution is 6.31. The van der Waals surface area contributed by atoms with Gasteiger partial charge in [-0.3, -0.25) is 9.48 Å². The summed E-state index contributed by atoms with van der Waals surface area (Å²) in [7, 11) is 1.52. The van der Waals surface area contributed by atoms with Gasteiger partial charge in [0, 0.05) is 29.2 Å². The summed E-state index contributed by atoms with van der Waals surface area (Å²) >= 11 is 6.21. The molecule has 10 nitrogen and oxygen atoms in total. The summed E-state index contributed by atoms with van der Waals surface area (Å²) in [6, 6.07) is 6.76. The topological polar surface area (TPSA) is 127 Å². The molecule has 11 heteroatoms. The molecule has 33 heavy (non-hydrogen) atoms. The Labute approximate surface area is 194 Å². The lowest BCUT2D eigenvalue weighted by Gasteiger charge is -2.24. The van der Waals surface area contributed by atoms with Crippen molar-refractivity contribution in [3.05, 3.63) is 59.6 Å². The first-order chi connectivity index (χ1) is 15.7. The minimum absolute atomic E-state index is 0.00643. The van der Waals surface area contributed by atoms with E-state index in [1.54, 1.807) is 42.9 Å². The highest BCUT2D eigenvalue weighted by atomic mass is 35.5. The lowest BCUT2D eigenvalue weighted by Crippen LogP contribution is -2.39.